The number of carbonyl (C=O) groups is 2. The molecule has 0 radical (unpaired) electrons. The molecule has 1 aliphatic rings. The number of ether oxygens (including phenoxy) is 3. The summed E-state index contributed by atoms with van der Waals surface area (Å²) in [6.45, 7) is 0.604. The number of ketones is 1. The summed E-state index contributed by atoms with van der Waals surface area (Å²) in [6.07, 6.45) is 0.826. The molecule has 0 aromatic heterocycles. The topological polar surface area (TPSA) is 61.8 Å². The Morgan fingerprint density at radius 1 is 1.09 bits per heavy atom. The minimum atomic E-state index is -0.409. The highest BCUT2D eigenvalue weighted by Gasteiger charge is 2.15. The maximum absolute atomic E-state index is 12.2. The van der Waals surface area contributed by atoms with E-state index in [9.17, 15) is 9.59 Å². The van der Waals surface area contributed by atoms with Gasteiger partial charge in [-0.05, 0) is 48.0 Å². The zero-order valence-electron chi connectivity index (χ0n) is 12.7. The molecule has 2 aromatic rings. The standard InChI is InChI=1S/C18H16O5/c1-21-18(20)12-2-5-15(6-3-12)23-11-16(19)13-4-7-17-14(10-13)8-9-22-17/h2-7,10H,8-9,11H2,1H3. The van der Waals surface area contributed by atoms with Gasteiger partial charge >= 0.3 is 5.97 Å². The normalized spacial score (nSPS) is 12.2. The van der Waals surface area contributed by atoms with E-state index in [-0.39, 0.29) is 12.4 Å². The average molecular weight is 312 g/mol. The minimum Gasteiger partial charge on any atom is -0.493 e. The van der Waals surface area contributed by atoms with Crippen molar-refractivity contribution >= 4 is 11.8 Å². The largest absolute Gasteiger partial charge is 0.493 e. The highest BCUT2D eigenvalue weighted by atomic mass is 16.5. The van der Waals surface area contributed by atoms with Crippen molar-refractivity contribution in [2.24, 2.45) is 0 Å². The molecule has 5 heteroatoms. The molecule has 1 aliphatic heterocycles. The molecule has 0 fully saturated rings. The van der Waals surface area contributed by atoms with Crippen LogP contribution in [-0.2, 0) is 11.2 Å². The zero-order valence-corrected chi connectivity index (χ0v) is 12.7. The molecule has 5 nitrogen and oxygen atoms in total. The summed E-state index contributed by atoms with van der Waals surface area (Å²) in [5.41, 5.74) is 2.10. The van der Waals surface area contributed by atoms with Gasteiger partial charge in [-0.25, -0.2) is 4.79 Å². The van der Waals surface area contributed by atoms with Crippen LogP contribution in [0, 0.1) is 0 Å². The molecule has 0 bridgehead atoms. The van der Waals surface area contributed by atoms with Gasteiger partial charge < -0.3 is 14.2 Å². The van der Waals surface area contributed by atoms with Crippen LogP contribution in [0.1, 0.15) is 26.3 Å². The first kappa shape index (κ1) is 15.1. The van der Waals surface area contributed by atoms with Gasteiger partial charge in [0.15, 0.2) is 12.4 Å². The van der Waals surface area contributed by atoms with Gasteiger partial charge in [0.05, 0.1) is 19.3 Å². The number of esters is 1. The molecule has 0 amide bonds. The third-order valence-corrected chi connectivity index (χ3v) is 3.66. The van der Waals surface area contributed by atoms with Crippen LogP contribution in [0.4, 0.5) is 0 Å². The van der Waals surface area contributed by atoms with E-state index >= 15 is 0 Å². The lowest BCUT2D eigenvalue weighted by Gasteiger charge is -2.07. The van der Waals surface area contributed by atoms with Crippen molar-refractivity contribution in [1.82, 2.24) is 0 Å². The molecule has 23 heavy (non-hydrogen) atoms. The Kier molecular flexibility index (Phi) is 4.28. The quantitative estimate of drug-likeness (QED) is 0.627. The average Bonchev–Trinajstić information content (AvgIpc) is 3.07. The minimum absolute atomic E-state index is 0.0583. The first-order chi connectivity index (χ1) is 11.2. The monoisotopic (exact) mass is 312 g/mol. The first-order valence-electron chi connectivity index (χ1n) is 7.27. The second-order valence-corrected chi connectivity index (χ2v) is 5.15. The molecule has 0 saturated carbocycles. The third-order valence-electron chi connectivity index (χ3n) is 3.66. The SMILES string of the molecule is COC(=O)c1ccc(OCC(=O)c2ccc3c(c2)CCO3)cc1. The summed E-state index contributed by atoms with van der Waals surface area (Å²) in [7, 11) is 1.33. The molecule has 0 unspecified atom stereocenters. The molecule has 118 valence electrons. The van der Waals surface area contributed by atoms with E-state index in [1.54, 1.807) is 30.3 Å². The van der Waals surface area contributed by atoms with Crippen LogP contribution in [-0.4, -0.2) is 32.1 Å². The lowest BCUT2D eigenvalue weighted by molar-refractivity contribution is 0.0600. The Morgan fingerprint density at radius 3 is 2.57 bits per heavy atom. The summed E-state index contributed by atoms with van der Waals surface area (Å²) < 4.78 is 15.5. The molecule has 0 N–H and O–H groups in total. The van der Waals surface area contributed by atoms with Gasteiger partial charge in [-0.1, -0.05) is 0 Å². The zero-order chi connectivity index (χ0) is 16.2. The van der Waals surface area contributed by atoms with Crippen molar-refractivity contribution < 1.29 is 23.8 Å². The number of fused-ring (bicyclic) bond motifs is 1. The van der Waals surface area contributed by atoms with Crippen LogP contribution < -0.4 is 9.47 Å². The second kappa shape index (κ2) is 6.52. The molecular formula is C18H16O5. The summed E-state index contributed by atoms with van der Waals surface area (Å²) in [5.74, 6) is 0.862. The van der Waals surface area contributed by atoms with Gasteiger partial charge in [-0.15, -0.1) is 0 Å². The van der Waals surface area contributed by atoms with Gasteiger partial charge in [0.2, 0.25) is 0 Å². The summed E-state index contributed by atoms with van der Waals surface area (Å²) in [6, 6.07) is 11.9. The predicted octanol–water partition coefficient (Wildman–Crippen LogP) is 2.67. The van der Waals surface area contributed by atoms with E-state index < -0.39 is 5.97 Å². The fourth-order valence-electron chi connectivity index (χ4n) is 2.40. The Hall–Kier alpha value is -2.82. The lowest BCUT2D eigenvalue weighted by Crippen LogP contribution is -2.12. The maximum atomic E-state index is 12.2. The number of carbonyl (C=O) groups excluding carboxylic acids is 2. The number of hydrogen-bond donors (Lipinski definition) is 0. The third kappa shape index (κ3) is 3.34. The Balaban J connectivity index is 1.61. The molecular weight excluding hydrogens is 296 g/mol. The lowest BCUT2D eigenvalue weighted by atomic mass is 10.1. The molecule has 0 aliphatic carbocycles. The van der Waals surface area contributed by atoms with E-state index in [0.717, 1.165) is 17.7 Å². The van der Waals surface area contributed by atoms with E-state index in [1.807, 2.05) is 12.1 Å². The Bertz CT molecular complexity index is 734. The van der Waals surface area contributed by atoms with Crippen LogP contribution >= 0.6 is 0 Å². The number of methoxy groups -OCH3 is 1. The first-order valence-corrected chi connectivity index (χ1v) is 7.27. The van der Waals surface area contributed by atoms with Gasteiger partial charge in [-0.2, -0.15) is 0 Å². The van der Waals surface area contributed by atoms with Gasteiger partial charge in [0, 0.05) is 12.0 Å². The van der Waals surface area contributed by atoms with Crippen LogP contribution in [0.3, 0.4) is 0 Å². The number of hydrogen-bond acceptors (Lipinski definition) is 5. The Morgan fingerprint density at radius 2 is 1.83 bits per heavy atom. The van der Waals surface area contributed by atoms with Crippen LogP contribution in [0.2, 0.25) is 0 Å². The Labute approximate surface area is 133 Å². The fourth-order valence-corrected chi connectivity index (χ4v) is 2.40. The van der Waals surface area contributed by atoms with Crippen LogP contribution in [0.25, 0.3) is 0 Å². The summed E-state index contributed by atoms with van der Waals surface area (Å²) >= 11 is 0. The highest BCUT2D eigenvalue weighted by molar-refractivity contribution is 5.97. The van der Waals surface area contributed by atoms with Gasteiger partial charge in [0.1, 0.15) is 11.5 Å². The van der Waals surface area contributed by atoms with Crippen LogP contribution in [0.15, 0.2) is 42.5 Å². The van der Waals surface area contributed by atoms with E-state index in [4.69, 9.17) is 9.47 Å². The van der Waals surface area contributed by atoms with E-state index in [0.29, 0.717) is 23.5 Å². The van der Waals surface area contributed by atoms with Crippen molar-refractivity contribution in [3.8, 4) is 11.5 Å². The van der Waals surface area contributed by atoms with Gasteiger partial charge in [0.25, 0.3) is 0 Å². The number of rotatable bonds is 5. The molecule has 0 spiro atoms. The molecule has 0 saturated heterocycles. The van der Waals surface area contributed by atoms with E-state index in [1.165, 1.54) is 7.11 Å². The highest BCUT2D eigenvalue weighted by Crippen LogP contribution is 2.26. The van der Waals surface area contributed by atoms with Crippen LogP contribution in [0.5, 0.6) is 11.5 Å². The maximum Gasteiger partial charge on any atom is 0.337 e. The molecule has 1 heterocycles. The summed E-state index contributed by atoms with van der Waals surface area (Å²) in [4.78, 5) is 23.5. The van der Waals surface area contributed by atoms with Gasteiger partial charge in [-0.3, -0.25) is 4.79 Å². The van der Waals surface area contributed by atoms with E-state index in [2.05, 4.69) is 4.74 Å². The molecule has 0 atom stereocenters. The van der Waals surface area contributed by atoms with Crippen molar-refractivity contribution in [2.75, 3.05) is 20.3 Å². The van der Waals surface area contributed by atoms with Crippen molar-refractivity contribution in [3.05, 3.63) is 59.2 Å². The number of benzene rings is 2. The second-order valence-electron chi connectivity index (χ2n) is 5.15. The fraction of sp³-hybridized carbons (Fsp3) is 0.222. The van der Waals surface area contributed by atoms with Crippen molar-refractivity contribution in [3.63, 3.8) is 0 Å². The van der Waals surface area contributed by atoms with Crippen molar-refractivity contribution in [2.45, 2.75) is 6.42 Å². The molecule has 2 aromatic carbocycles. The smallest absolute Gasteiger partial charge is 0.337 e. The molecule has 3 rings (SSSR count). The summed E-state index contributed by atoms with van der Waals surface area (Å²) in [5, 5.41) is 0. The van der Waals surface area contributed by atoms with Crippen molar-refractivity contribution in [1.29, 1.82) is 0 Å². The number of Topliss-reactive ketones (excluding diaryl/α,β-unsaturated/α-hetero) is 1. The predicted molar refractivity (Wildman–Crippen MR) is 83.2 cm³/mol.